The van der Waals surface area contributed by atoms with Crippen molar-refractivity contribution < 1.29 is 0 Å². The van der Waals surface area contributed by atoms with E-state index in [0.29, 0.717) is 0 Å². The summed E-state index contributed by atoms with van der Waals surface area (Å²) in [4.78, 5) is 0. The molecule has 6 aromatic carbocycles. The van der Waals surface area contributed by atoms with Crippen molar-refractivity contribution in [2.45, 2.75) is 29.8 Å². The molecule has 0 amide bonds. The number of rotatable bonds is 7. The summed E-state index contributed by atoms with van der Waals surface area (Å²) in [5.74, 6) is 0.181. The highest BCUT2D eigenvalue weighted by Gasteiger charge is 2.60. The van der Waals surface area contributed by atoms with Crippen LogP contribution in [0.1, 0.15) is 40.7 Å². The summed E-state index contributed by atoms with van der Waals surface area (Å²) < 4.78 is 0. The van der Waals surface area contributed by atoms with Crippen LogP contribution in [0.2, 0.25) is 0 Å². The lowest BCUT2D eigenvalue weighted by Crippen LogP contribution is -2.54. The fourth-order valence-corrected chi connectivity index (χ4v) is 11.8. The molecule has 2 atom stereocenters. The Labute approximate surface area is 262 Å². The highest BCUT2D eigenvalue weighted by molar-refractivity contribution is 7.74. The molecule has 0 fully saturated rings. The fraction of sp³-hybridized carbons (Fsp3) is 0.116. The molecule has 0 saturated heterocycles. The summed E-state index contributed by atoms with van der Waals surface area (Å²) in [5, 5.41) is 2.58. The summed E-state index contributed by atoms with van der Waals surface area (Å²) in [6, 6.07) is 61.5. The number of hydrogen-bond donors (Lipinski definition) is 0. The van der Waals surface area contributed by atoms with Gasteiger partial charge in [0.25, 0.3) is 0 Å². The van der Waals surface area contributed by atoms with Crippen molar-refractivity contribution in [3.05, 3.63) is 198 Å². The summed E-state index contributed by atoms with van der Waals surface area (Å²) in [7, 11) is -0.888. The Bertz CT molecular complexity index is 1870. The van der Waals surface area contributed by atoms with Crippen molar-refractivity contribution in [1.29, 1.82) is 0 Å². The van der Waals surface area contributed by atoms with Crippen LogP contribution < -0.4 is 10.6 Å². The first-order chi connectivity index (χ1) is 21.7. The predicted molar refractivity (Wildman–Crippen MR) is 188 cm³/mol. The van der Waals surface area contributed by atoms with Crippen LogP contribution in [0.4, 0.5) is 0 Å². The van der Waals surface area contributed by atoms with Crippen LogP contribution in [0.15, 0.2) is 170 Å². The molecule has 0 aromatic heterocycles. The quantitative estimate of drug-likeness (QED) is 0.164. The molecule has 2 aliphatic carbocycles. The van der Waals surface area contributed by atoms with E-state index in [0.717, 1.165) is 6.42 Å². The zero-order valence-corrected chi connectivity index (χ0v) is 25.9. The van der Waals surface area contributed by atoms with Gasteiger partial charge < -0.3 is 0 Å². The molecular weight excluding hydrogens is 547 g/mol. The third-order valence-electron chi connectivity index (χ3n) is 10.1. The van der Waals surface area contributed by atoms with Gasteiger partial charge >= 0.3 is 0 Å². The van der Waals surface area contributed by atoms with Crippen molar-refractivity contribution >= 4 is 24.6 Å². The number of allylic oxidation sites excluding steroid dienone is 1. The first-order valence-corrected chi connectivity index (χ1v) is 17.0. The molecule has 8 rings (SSSR count). The van der Waals surface area contributed by atoms with Gasteiger partial charge in [0.2, 0.25) is 0 Å². The Kier molecular flexibility index (Phi) is 6.70. The van der Waals surface area contributed by atoms with Gasteiger partial charge in [0.05, 0.1) is 0 Å². The second kappa shape index (κ2) is 10.9. The van der Waals surface area contributed by atoms with E-state index < -0.39 is 7.92 Å². The topological polar surface area (TPSA) is 0 Å². The van der Waals surface area contributed by atoms with E-state index in [1.807, 2.05) is 0 Å². The Morgan fingerprint density at radius 3 is 1.61 bits per heavy atom. The van der Waals surface area contributed by atoms with Crippen molar-refractivity contribution in [2.75, 3.05) is 0 Å². The van der Waals surface area contributed by atoms with E-state index in [-0.39, 0.29) is 16.5 Å². The fourth-order valence-electron chi connectivity index (χ4n) is 8.25. The minimum Gasteiger partial charge on any atom is -0.0720 e. The zero-order chi connectivity index (χ0) is 29.6. The lowest BCUT2D eigenvalue weighted by molar-refractivity contribution is 0.365. The summed E-state index contributed by atoms with van der Waals surface area (Å²) in [6.45, 7) is 2.64. The third-order valence-corrected chi connectivity index (χ3v) is 13.3. The molecule has 0 aliphatic heterocycles. The Hall–Kier alpha value is -4.51. The van der Waals surface area contributed by atoms with Gasteiger partial charge in [-0.25, -0.2) is 0 Å². The number of hydrogen-bond acceptors (Lipinski definition) is 0. The maximum absolute atomic E-state index is 2.64. The van der Waals surface area contributed by atoms with E-state index in [1.165, 1.54) is 49.6 Å². The van der Waals surface area contributed by atoms with Gasteiger partial charge in [0, 0.05) is 16.5 Å². The van der Waals surface area contributed by atoms with Gasteiger partial charge in [-0.05, 0) is 63.9 Å². The van der Waals surface area contributed by atoms with Gasteiger partial charge in [-0.1, -0.05) is 183 Å². The second-order valence-corrected chi connectivity index (χ2v) is 14.9. The molecule has 212 valence electrons. The molecule has 6 aromatic rings. The normalized spacial score (nSPS) is 18.0. The molecule has 0 heterocycles. The smallest absolute Gasteiger partial charge is 0.0289 e. The molecule has 0 N–H and O–H groups in total. The lowest BCUT2D eigenvalue weighted by atomic mass is 9.62. The van der Waals surface area contributed by atoms with Crippen molar-refractivity contribution in [3.63, 3.8) is 0 Å². The number of benzene rings is 6. The maximum Gasteiger partial charge on any atom is 0.0289 e. The standard InChI is InChI=1S/C43H35P/c1-42(44(34-20-7-3-8-21-34)35-22-9-4-10-23-35,41-38-26-14-12-24-36(38)37-25-13-15-27-39(37)41)43(31-32-17-5-2-6-18-32)30-29-33-19-11-16-28-40(33)43/h2-30,41H,31H2,1H3. The molecule has 0 spiro atoms. The van der Waals surface area contributed by atoms with Crippen LogP contribution in [0.25, 0.3) is 17.2 Å². The Balaban J connectivity index is 1.52. The molecule has 0 bridgehead atoms. The molecule has 2 unspecified atom stereocenters. The monoisotopic (exact) mass is 582 g/mol. The molecular formula is C43H35P. The predicted octanol–water partition coefficient (Wildman–Crippen LogP) is 9.90. The van der Waals surface area contributed by atoms with Crippen LogP contribution in [0.5, 0.6) is 0 Å². The van der Waals surface area contributed by atoms with Crippen LogP contribution in [-0.2, 0) is 11.8 Å². The van der Waals surface area contributed by atoms with Gasteiger partial charge in [-0.3, -0.25) is 0 Å². The third kappa shape index (κ3) is 4.09. The van der Waals surface area contributed by atoms with Crippen LogP contribution >= 0.6 is 7.92 Å². The minimum absolute atomic E-state index is 0.181. The SMILES string of the molecule is CC(C1c2ccccc2-c2ccccc21)(P(c1ccccc1)c1ccccc1)C1(Cc2ccccc2)C=Cc2ccccc21. The van der Waals surface area contributed by atoms with Crippen LogP contribution in [0, 0.1) is 0 Å². The average Bonchev–Trinajstić information content (AvgIpc) is 3.63. The van der Waals surface area contributed by atoms with Crippen molar-refractivity contribution in [3.8, 4) is 11.1 Å². The van der Waals surface area contributed by atoms with Gasteiger partial charge in [0.1, 0.15) is 0 Å². The zero-order valence-electron chi connectivity index (χ0n) is 25.0. The second-order valence-electron chi connectivity index (χ2n) is 12.3. The van der Waals surface area contributed by atoms with E-state index in [9.17, 15) is 0 Å². The summed E-state index contributed by atoms with van der Waals surface area (Å²) in [6.07, 6.45) is 5.93. The summed E-state index contributed by atoms with van der Waals surface area (Å²) >= 11 is 0. The largest absolute Gasteiger partial charge is 0.0720 e. The molecule has 0 nitrogen and oxygen atoms in total. The van der Waals surface area contributed by atoms with Crippen molar-refractivity contribution in [1.82, 2.24) is 0 Å². The summed E-state index contributed by atoms with van der Waals surface area (Å²) in [5.41, 5.74) is 9.51. The van der Waals surface area contributed by atoms with E-state index in [4.69, 9.17) is 0 Å². The molecule has 0 radical (unpaired) electrons. The Morgan fingerprint density at radius 2 is 1.02 bits per heavy atom. The van der Waals surface area contributed by atoms with E-state index in [2.05, 4.69) is 183 Å². The lowest BCUT2D eigenvalue weighted by Gasteiger charge is -2.55. The molecule has 1 heteroatoms. The molecule has 2 aliphatic rings. The van der Waals surface area contributed by atoms with Gasteiger partial charge in [-0.15, -0.1) is 0 Å². The van der Waals surface area contributed by atoms with Crippen LogP contribution in [0.3, 0.4) is 0 Å². The maximum atomic E-state index is 2.64. The highest BCUT2D eigenvalue weighted by atomic mass is 31.1. The Morgan fingerprint density at radius 1 is 0.545 bits per heavy atom. The average molecular weight is 583 g/mol. The van der Waals surface area contributed by atoms with Gasteiger partial charge in [0.15, 0.2) is 0 Å². The van der Waals surface area contributed by atoms with E-state index >= 15 is 0 Å². The molecule has 0 saturated carbocycles. The van der Waals surface area contributed by atoms with Crippen LogP contribution in [-0.4, -0.2) is 5.16 Å². The first-order valence-electron chi connectivity index (χ1n) is 15.6. The first kappa shape index (κ1) is 27.1. The molecule has 44 heavy (non-hydrogen) atoms. The minimum atomic E-state index is -0.888. The van der Waals surface area contributed by atoms with E-state index in [1.54, 1.807) is 0 Å². The number of fused-ring (bicyclic) bond motifs is 4. The highest BCUT2D eigenvalue weighted by Crippen LogP contribution is 2.70. The van der Waals surface area contributed by atoms with Crippen molar-refractivity contribution in [2.24, 2.45) is 0 Å². The van der Waals surface area contributed by atoms with Gasteiger partial charge in [-0.2, -0.15) is 0 Å².